The number of thioether (sulfide) groups is 1. The number of nitrogens with zero attached hydrogens (tertiary/aromatic N) is 2. The molecule has 1 heterocycles. The topological polar surface area (TPSA) is 26.7 Å². The number of likely N-dealkylation sites (N-methyl/N-ethyl adjacent to an activating group) is 1. The summed E-state index contributed by atoms with van der Waals surface area (Å²) in [5.74, 6) is 1.47. The van der Waals surface area contributed by atoms with Gasteiger partial charge in [-0.25, -0.2) is 0 Å². The lowest BCUT2D eigenvalue weighted by molar-refractivity contribution is 0.161. The Hall–Kier alpha value is -1.23. The minimum Gasteiger partial charge on any atom is -0.507 e. The van der Waals surface area contributed by atoms with Crippen LogP contribution in [0.4, 0.5) is 0 Å². The summed E-state index contributed by atoms with van der Waals surface area (Å²) in [6, 6.07) is 11.9. The predicted octanol–water partition coefficient (Wildman–Crippen LogP) is 2.88. The Morgan fingerprint density at radius 1 is 1.00 bits per heavy atom. The summed E-state index contributed by atoms with van der Waals surface area (Å²) < 4.78 is 0. The molecule has 3 nitrogen and oxygen atoms in total. The van der Waals surface area contributed by atoms with E-state index in [1.807, 2.05) is 36.0 Å². The second-order valence-corrected chi connectivity index (χ2v) is 6.76. The Morgan fingerprint density at radius 2 is 1.71 bits per heavy atom. The number of aromatic hydroxyl groups is 1. The van der Waals surface area contributed by atoms with Crippen molar-refractivity contribution >= 4 is 22.5 Å². The standard InChI is InChI=1S/C17H22N2OS/c1-18-8-10-19(11-9-18)12-13-21-17-7-6-16(20)14-4-2-3-5-15(14)17/h2-7,20H,8-13H2,1H3. The van der Waals surface area contributed by atoms with Crippen LogP contribution in [0.25, 0.3) is 10.8 Å². The van der Waals surface area contributed by atoms with Gasteiger partial charge in [0.1, 0.15) is 5.75 Å². The van der Waals surface area contributed by atoms with E-state index in [9.17, 15) is 5.11 Å². The Labute approximate surface area is 130 Å². The van der Waals surface area contributed by atoms with Gasteiger partial charge in [-0.1, -0.05) is 24.3 Å². The summed E-state index contributed by atoms with van der Waals surface area (Å²) in [6.45, 7) is 5.83. The molecular weight excluding hydrogens is 280 g/mol. The molecule has 0 amide bonds. The van der Waals surface area contributed by atoms with E-state index in [1.165, 1.54) is 31.1 Å². The molecule has 1 aliphatic heterocycles. The maximum absolute atomic E-state index is 9.93. The van der Waals surface area contributed by atoms with Crippen molar-refractivity contribution in [3.8, 4) is 5.75 Å². The summed E-state index contributed by atoms with van der Waals surface area (Å²) in [6.07, 6.45) is 0. The summed E-state index contributed by atoms with van der Waals surface area (Å²) in [5.41, 5.74) is 0. The number of phenolic OH excluding ortho intramolecular Hbond substituents is 1. The summed E-state index contributed by atoms with van der Waals surface area (Å²) in [4.78, 5) is 6.18. The lowest BCUT2D eigenvalue weighted by Crippen LogP contribution is -2.45. The number of phenols is 1. The van der Waals surface area contributed by atoms with Gasteiger partial charge in [0.2, 0.25) is 0 Å². The fourth-order valence-electron chi connectivity index (χ4n) is 2.74. The second-order valence-electron chi connectivity index (χ2n) is 5.62. The average molecular weight is 302 g/mol. The van der Waals surface area contributed by atoms with E-state index in [0.29, 0.717) is 5.75 Å². The van der Waals surface area contributed by atoms with E-state index >= 15 is 0 Å². The Bertz CT molecular complexity index is 609. The SMILES string of the molecule is CN1CCN(CCSc2ccc(O)c3ccccc23)CC1. The Morgan fingerprint density at radius 3 is 2.48 bits per heavy atom. The van der Waals surface area contributed by atoms with E-state index in [0.717, 1.165) is 23.1 Å². The maximum atomic E-state index is 9.93. The fraction of sp³-hybridized carbons (Fsp3) is 0.412. The van der Waals surface area contributed by atoms with Crippen LogP contribution in [0.3, 0.4) is 0 Å². The molecule has 4 heteroatoms. The molecule has 1 N–H and O–H groups in total. The fourth-order valence-corrected chi connectivity index (χ4v) is 3.80. The minimum absolute atomic E-state index is 0.369. The van der Waals surface area contributed by atoms with Crippen molar-refractivity contribution in [3.05, 3.63) is 36.4 Å². The number of hydrogen-bond acceptors (Lipinski definition) is 4. The quantitative estimate of drug-likeness (QED) is 0.879. The van der Waals surface area contributed by atoms with Gasteiger partial charge in [-0.3, -0.25) is 4.90 Å². The van der Waals surface area contributed by atoms with Crippen molar-refractivity contribution in [3.63, 3.8) is 0 Å². The van der Waals surface area contributed by atoms with Crippen LogP contribution in [0, 0.1) is 0 Å². The molecule has 0 aromatic heterocycles. The number of piperazine rings is 1. The predicted molar refractivity (Wildman–Crippen MR) is 90.3 cm³/mol. The van der Waals surface area contributed by atoms with Crippen LogP contribution in [0.2, 0.25) is 0 Å². The molecule has 0 radical (unpaired) electrons. The van der Waals surface area contributed by atoms with Gasteiger partial charge in [0, 0.05) is 48.8 Å². The van der Waals surface area contributed by atoms with Crippen LogP contribution >= 0.6 is 11.8 Å². The van der Waals surface area contributed by atoms with Crippen LogP contribution in [-0.4, -0.2) is 60.4 Å². The minimum atomic E-state index is 0.369. The Kier molecular flexibility index (Phi) is 4.68. The highest BCUT2D eigenvalue weighted by Crippen LogP contribution is 2.33. The number of hydrogen-bond donors (Lipinski definition) is 1. The smallest absolute Gasteiger partial charge is 0.123 e. The highest BCUT2D eigenvalue weighted by atomic mass is 32.2. The zero-order valence-electron chi connectivity index (χ0n) is 12.5. The van der Waals surface area contributed by atoms with Crippen molar-refractivity contribution in [2.45, 2.75) is 4.90 Å². The Balaban J connectivity index is 1.62. The summed E-state index contributed by atoms with van der Waals surface area (Å²) >= 11 is 1.89. The van der Waals surface area contributed by atoms with E-state index in [2.05, 4.69) is 22.9 Å². The molecule has 0 bridgehead atoms. The molecule has 1 saturated heterocycles. The first kappa shape index (κ1) is 14.7. The van der Waals surface area contributed by atoms with Gasteiger partial charge in [-0.05, 0) is 24.6 Å². The molecule has 1 fully saturated rings. The van der Waals surface area contributed by atoms with Crippen molar-refractivity contribution in [1.29, 1.82) is 0 Å². The monoisotopic (exact) mass is 302 g/mol. The van der Waals surface area contributed by atoms with Gasteiger partial charge in [-0.15, -0.1) is 11.8 Å². The zero-order chi connectivity index (χ0) is 14.7. The first-order chi connectivity index (χ1) is 10.2. The third-order valence-corrected chi connectivity index (χ3v) is 5.18. The average Bonchev–Trinajstić information content (AvgIpc) is 2.52. The third-order valence-electron chi connectivity index (χ3n) is 4.12. The molecule has 0 spiro atoms. The molecule has 21 heavy (non-hydrogen) atoms. The molecule has 0 aliphatic carbocycles. The van der Waals surface area contributed by atoms with Gasteiger partial charge < -0.3 is 10.0 Å². The lowest BCUT2D eigenvalue weighted by atomic mass is 10.1. The van der Waals surface area contributed by atoms with Crippen LogP contribution in [0.1, 0.15) is 0 Å². The zero-order valence-corrected chi connectivity index (χ0v) is 13.3. The highest BCUT2D eigenvalue weighted by Gasteiger charge is 2.13. The highest BCUT2D eigenvalue weighted by molar-refractivity contribution is 7.99. The van der Waals surface area contributed by atoms with Gasteiger partial charge in [0.25, 0.3) is 0 Å². The normalized spacial score (nSPS) is 17.4. The first-order valence-electron chi connectivity index (χ1n) is 7.48. The van der Waals surface area contributed by atoms with E-state index in [-0.39, 0.29) is 0 Å². The van der Waals surface area contributed by atoms with Gasteiger partial charge in [-0.2, -0.15) is 0 Å². The van der Waals surface area contributed by atoms with Crippen molar-refractivity contribution in [2.24, 2.45) is 0 Å². The van der Waals surface area contributed by atoms with Crippen LogP contribution in [0.15, 0.2) is 41.3 Å². The number of benzene rings is 2. The van der Waals surface area contributed by atoms with Crippen LogP contribution < -0.4 is 0 Å². The number of fused-ring (bicyclic) bond motifs is 1. The van der Waals surface area contributed by atoms with E-state index < -0.39 is 0 Å². The molecule has 2 aromatic carbocycles. The van der Waals surface area contributed by atoms with Gasteiger partial charge in [0.05, 0.1) is 0 Å². The molecule has 1 aliphatic rings. The van der Waals surface area contributed by atoms with Crippen molar-refractivity contribution < 1.29 is 5.11 Å². The van der Waals surface area contributed by atoms with Crippen molar-refractivity contribution in [1.82, 2.24) is 9.80 Å². The number of rotatable bonds is 4. The molecule has 0 atom stereocenters. The molecule has 0 unspecified atom stereocenters. The molecule has 0 saturated carbocycles. The molecular formula is C17H22N2OS. The van der Waals surface area contributed by atoms with Crippen molar-refractivity contribution in [2.75, 3.05) is 45.5 Å². The molecule has 2 aromatic rings. The summed E-state index contributed by atoms with van der Waals surface area (Å²) in [7, 11) is 2.19. The van der Waals surface area contributed by atoms with Gasteiger partial charge in [0.15, 0.2) is 0 Å². The third kappa shape index (κ3) is 3.51. The van der Waals surface area contributed by atoms with E-state index in [1.54, 1.807) is 6.07 Å². The van der Waals surface area contributed by atoms with Crippen LogP contribution in [-0.2, 0) is 0 Å². The molecule has 112 valence electrons. The maximum Gasteiger partial charge on any atom is 0.123 e. The first-order valence-corrected chi connectivity index (χ1v) is 8.47. The lowest BCUT2D eigenvalue weighted by Gasteiger charge is -2.32. The van der Waals surface area contributed by atoms with E-state index in [4.69, 9.17) is 0 Å². The van der Waals surface area contributed by atoms with Crippen LogP contribution in [0.5, 0.6) is 5.75 Å². The molecule has 3 rings (SSSR count). The largest absolute Gasteiger partial charge is 0.507 e. The second kappa shape index (κ2) is 6.69. The summed E-state index contributed by atoms with van der Waals surface area (Å²) in [5, 5.41) is 12.0. The van der Waals surface area contributed by atoms with Gasteiger partial charge >= 0.3 is 0 Å².